The van der Waals surface area contributed by atoms with Crippen molar-refractivity contribution < 1.29 is 24.2 Å². The van der Waals surface area contributed by atoms with Crippen LogP contribution in [0.5, 0.6) is 11.5 Å². The molecule has 2 aromatic rings. The molecule has 0 radical (unpaired) electrons. The van der Waals surface area contributed by atoms with E-state index in [2.05, 4.69) is 29.8 Å². The lowest BCUT2D eigenvalue weighted by Crippen LogP contribution is -2.18. The third-order valence-electron chi connectivity index (χ3n) is 3.31. The Bertz CT molecular complexity index is 738. The van der Waals surface area contributed by atoms with Gasteiger partial charge in [-0.25, -0.2) is 9.59 Å². The lowest BCUT2D eigenvalue weighted by molar-refractivity contribution is -0.136. The molecule has 126 valence electrons. The van der Waals surface area contributed by atoms with Gasteiger partial charge < -0.3 is 14.6 Å². The number of carbonyl (C=O) groups excluding carboxylic acids is 1. The molecule has 6 heteroatoms. The predicted octanol–water partition coefficient (Wildman–Crippen LogP) is 4.26. The van der Waals surface area contributed by atoms with Gasteiger partial charge in [-0.2, -0.15) is 0 Å². The van der Waals surface area contributed by atoms with E-state index >= 15 is 0 Å². The first-order valence-corrected chi connectivity index (χ1v) is 8.12. The van der Waals surface area contributed by atoms with Gasteiger partial charge in [0.2, 0.25) is 0 Å². The van der Waals surface area contributed by atoms with Crippen molar-refractivity contribution >= 4 is 27.9 Å². The first-order chi connectivity index (χ1) is 11.4. The highest BCUT2D eigenvalue weighted by Gasteiger charge is 2.12. The van der Waals surface area contributed by atoms with Gasteiger partial charge in [0.15, 0.2) is 6.61 Å². The van der Waals surface area contributed by atoms with Crippen molar-refractivity contribution in [3.05, 3.63) is 58.1 Å². The Hall–Kier alpha value is -2.34. The van der Waals surface area contributed by atoms with Crippen LogP contribution in [0.4, 0.5) is 0 Å². The van der Waals surface area contributed by atoms with Gasteiger partial charge in [0.05, 0.1) is 10.0 Å². The SMILES string of the molecule is CC(C)c1ccc(OCC(=O)Oc2ccc(C(=O)O)cc2Br)cc1. The molecule has 0 aliphatic carbocycles. The smallest absolute Gasteiger partial charge is 0.349 e. The second-order valence-electron chi connectivity index (χ2n) is 5.44. The summed E-state index contributed by atoms with van der Waals surface area (Å²) in [6, 6.07) is 11.7. The number of rotatable bonds is 6. The van der Waals surface area contributed by atoms with Gasteiger partial charge in [-0.15, -0.1) is 0 Å². The van der Waals surface area contributed by atoms with Crippen LogP contribution < -0.4 is 9.47 Å². The average molecular weight is 393 g/mol. The van der Waals surface area contributed by atoms with E-state index in [0.29, 0.717) is 16.1 Å². The second kappa shape index (κ2) is 7.97. The molecule has 0 amide bonds. The molecule has 0 aromatic heterocycles. The minimum Gasteiger partial charge on any atom is -0.482 e. The van der Waals surface area contributed by atoms with Gasteiger partial charge in [-0.3, -0.25) is 0 Å². The molecule has 0 unspecified atom stereocenters. The average Bonchev–Trinajstić information content (AvgIpc) is 2.55. The second-order valence-corrected chi connectivity index (χ2v) is 6.29. The van der Waals surface area contributed by atoms with Crippen molar-refractivity contribution in [3.8, 4) is 11.5 Å². The quantitative estimate of drug-likeness (QED) is 0.587. The predicted molar refractivity (Wildman–Crippen MR) is 92.8 cm³/mol. The van der Waals surface area contributed by atoms with Crippen molar-refractivity contribution in [2.45, 2.75) is 19.8 Å². The van der Waals surface area contributed by atoms with Crippen molar-refractivity contribution in [1.29, 1.82) is 0 Å². The van der Waals surface area contributed by atoms with E-state index in [4.69, 9.17) is 14.6 Å². The molecular formula is C18H17BrO5. The van der Waals surface area contributed by atoms with Crippen molar-refractivity contribution in [2.75, 3.05) is 6.61 Å². The van der Waals surface area contributed by atoms with Gasteiger partial charge in [-0.05, 0) is 57.7 Å². The molecule has 1 N–H and O–H groups in total. The third kappa shape index (κ3) is 4.83. The number of carbonyl (C=O) groups is 2. The molecule has 0 saturated heterocycles. The maximum atomic E-state index is 11.8. The summed E-state index contributed by atoms with van der Waals surface area (Å²) in [6.07, 6.45) is 0. The highest BCUT2D eigenvalue weighted by Crippen LogP contribution is 2.26. The molecule has 0 heterocycles. The highest BCUT2D eigenvalue weighted by atomic mass is 79.9. The van der Waals surface area contributed by atoms with Crippen LogP contribution in [-0.2, 0) is 4.79 Å². The van der Waals surface area contributed by atoms with Crippen molar-refractivity contribution in [3.63, 3.8) is 0 Å². The summed E-state index contributed by atoms with van der Waals surface area (Å²) in [5.41, 5.74) is 1.29. The van der Waals surface area contributed by atoms with Crippen LogP contribution in [0.25, 0.3) is 0 Å². The number of ether oxygens (including phenoxy) is 2. The lowest BCUT2D eigenvalue weighted by Gasteiger charge is -2.10. The molecule has 5 nitrogen and oxygen atoms in total. The normalized spacial score (nSPS) is 10.5. The number of halogens is 1. The topological polar surface area (TPSA) is 72.8 Å². The fraction of sp³-hybridized carbons (Fsp3) is 0.222. The molecule has 0 aliphatic rings. The largest absolute Gasteiger partial charge is 0.482 e. The Kier molecular flexibility index (Phi) is 5.98. The maximum absolute atomic E-state index is 11.8. The highest BCUT2D eigenvalue weighted by molar-refractivity contribution is 9.10. The number of hydrogen-bond acceptors (Lipinski definition) is 4. The zero-order chi connectivity index (χ0) is 17.7. The van der Waals surface area contributed by atoms with E-state index in [1.165, 1.54) is 23.8 Å². The van der Waals surface area contributed by atoms with Gasteiger partial charge in [-0.1, -0.05) is 26.0 Å². The number of esters is 1. The summed E-state index contributed by atoms with van der Waals surface area (Å²) in [6.45, 7) is 3.95. The molecule has 0 bridgehead atoms. The number of hydrogen-bond donors (Lipinski definition) is 1. The monoisotopic (exact) mass is 392 g/mol. The molecule has 0 spiro atoms. The van der Waals surface area contributed by atoms with Crippen LogP contribution in [0.3, 0.4) is 0 Å². The third-order valence-corrected chi connectivity index (χ3v) is 3.93. The Morgan fingerprint density at radius 3 is 2.33 bits per heavy atom. The zero-order valence-corrected chi connectivity index (χ0v) is 14.9. The molecule has 0 atom stereocenters. The van der Waals surface area contributed by atoms with E-state index in [1.807, 2.05) is 12.1 Å². The minimum atomic E-state index is -1.05. The summed E-state index contributed by atoms with van der Waals surface area (Å²) in [4.78, 5) is 22.7. The Morgan fingerprint density at radius 1 is 1.12 bits per heavy atom. The number of aromatic carboxylic acids is 1. The number of carboxylic acids is 1. The Balaban J connectivity index is 1.92. The zero-order valence-electron chi connectivity index (χ0n) is 13.3. The molecule has 2 aromatic carbocycles. The van der Waals surface area contributed by atoms with Crippen LogP contribution in [0.2, 0.25) is 0 Å². The number of benzene rings is 2. The first kappa shape index (κ1) is 18.0. The first-order valence-electron chi connectivity index (χ1n) is 7.33. The molecular weight excluding hydrogens is 376 g/mol. The van der Waals surface area contributed by atoms with Crippen LogP contribution in [-0.4, -0.2) is 23.7 Å². The molecule has 24 heavy (non-hydrogen) atoms. The van der Waals surface area contributed by atoms with E-state index < -0.39 is 11.9 Å². The summed E-state index contributed by atoms with van der Waals surface area (Å²) < 4.78 is 10.9. The van der Waals surface area contributed by atoms with Crippen LogP contribution in [0.15, 0.2) is 46.9 Å². The fourth-order valence-corrected chi connectivity index (χ4v) is 2.42. The van der Waals surface area contributed by atoms with Crippen LogP contribution in [0.1, 0.15) is 35.7 Å². The summed E-state index contributed by atoms with van der Waals surface area (Å²) >= 11 is 3.18. The van der Waals surface area contributed by atoms with Crippen molar-refractivity contribution in [1.82, 2.24) is 0 Å². The maximum Gasteiger partial charge on any atom is 0.349 e. The molecule has 0 aliphatic heterocycles. The fourth-order valence-electron chi connectivity index (χ4n) is 1.96. The molecule has 0 saturated carbocycles. The van der Waals surface area contributed by atoms with Gasteiger partial charge >= 0.3 is 11.9 Å². The van der Waals surface area contributed by atoms with Gasteiger partial charge in [0.1, 0.15) is 11.5 Å². The minimum absolute atomic E-state index is 0.100. The van der Waals surface area contributed by atoms with E-state index in [1.54, 1.807) is 12.1 Å². The summed E-state index contributed by atoms with van der Waals surface area (Å²) in [7, 11) is 0. The Labute approximate surface area is 148 Å². The Morgan fingerprint density at radius 2 is 1.79 bits per heavy atom. The van der Waals surface area contributed by atoms with Gasteiger partial charge in [0, 0.05) is 0 Å². The van der Waals surface area contributed by atoms with Crippen LogP contribution >= 0.6 is 15.9 Å². The van der Waals surface area contributed by atoms with E-state index in [-0.39, 0.29) is 17.9 Å². The lowest BCUT2D eigenvalue weighted by atomic mass is 10.0. The summed E-state index contributed by atoms with van der Waals surface area (Å²) in [5.74, 6) is -0.385. The number of carboxylic acid groups (broad SMARTS) is 1. The molecule has 0 fully saturated rings. The summed E-state index contributed by atoms with van der Waals surface area (Å²) in [5, 5.41) is 8.90. The van der Waals surface area contributed by atoms with Gasteiger partial charge in [0.25, 0.3) is 0 Å². The van der Waals surface area contributed by atoms with Crippen LogP contribution in [0, 0.1) is 0 Å². The standard InChI is InChI=1S/C18H17BrO5/c1-11(2)12-3-6-14(7-4-12)23-10-17(20)24-16-8-5-13(18(21)22)9-15(16)19/h3-9,11H,10H2,1-2H3,(H,21,22). The van der Waals surface area contributed by atoms with Crippen molar-refractivity contribution in [2.24, 2.45) is 0 Å². The molecule has 2 rings (SSSR count). The van der Waals surface area contributed by atoms with E-state index in [9.17, 15) is 9.59 Å². The van der Waals surface area contributed by atoms with E-state index in [0.717, 1.165) is 0 Å².